The summed E-state index contributed by atoms with van der Waals surface area (Å²) in [5.74, 6) is 0.350. The van der Waals surface area contributed by atoms with Gasteiger partial charge in [-0.05, 0) is 31.4 Å². The molecule has 2 saturated heterocycles. The summed E-state index contributed by atoms with van der Waals surface area (Å²) in [7, 11) is 1.62. The zero-order chi connectivity index (χ0) is 17.8. The Kier molecular flexibility index (Phi) is 5.21. The quantitative estimate of drug-likeness (QED) is 0.618. The molecule has 1 atom stereocenters. The van der Waals surface area contributed by atoms with Crippen molar-refractivity contribution in [3.63, 3.8) is 0 Å². The van der Waals surface area contributed by atoms with E-state index < -0.39 is 6.04 Å². The van der Waals surface area contributed by atoms with Crippen LogP contribution in [0.2, 0.25) is 0 Å². The van der Waals surface area contributed by atoms with Crippen molar-refractivity contribution in [1.82, 2.24) is 5.32 Å². The summed E-state index contributed by atoms with van der Waals surface area (Å²) in [5, 5.41) is 5.51. The number of carbonyl (C=O) groups is 3. The van der Waals surface area contributed by atoms with Gasteiger partial charge in [0.2, 0.25) is 11.8 Å². The number of benzene rings is 1. The van der Waals surface area contributed by atoms with Crippen molar-refractivity contribution in [2.45, 2.75) is 31.7 Å². The Morgan fingerprint density at radius 2 is 2.00 bits per heavy atom. The lowest BCUT2D eigenvalue weighted by Gasteiger charge is -2.32. The number of imide groups is 1. The van der Waals surface area contributed by atoms with Gasteiger partial charge in [0, 0.05) is 37.2 Å². The van der Waals surface area contributed by atoms with Crippen LogP contribution in [0.5, 0.6) is 5.75 Å². The van der Waals surface area contributed by atoms with Crippen molar-refractivity contribution in [1.29, 1.82) is 0 Å². The van der Waals surface area contributed by atoms with Crippen molar-refractivity contribution in [2.24, 2.45) is 5.92 Å². The molecule has 2 aliphatic rings. The minimum atomic E-state index is -0.420. The first-order valence-electron chi connectivity index (χ1n) is 8.59. The Labute approximate surface area is 146 Å². The van der Waals surface area contributed by atoms with Crippen LogP contribution in [0.3, 0.4) is 0 Å². The minimum Gasteiger partial charge on any atom is -0.495 e. The molecule has 2 amide bonds. The second kappa shape index (κ2) is 7.55. The highest BCUT2D eigenvalue weighted by Gasteiger charge is 2.27. The van der Waals surface area contributed by atoms with E-state index >= 15 is 0 Å². The first kappa shape index (κ1) is 17.3. The fourth-order valence-corrected chi connectivity index (χ4v) is 3.34. The molecule has 0 saturated carbocycles. The smallest absolute Gasteiger partial charge is 0.249 e. The van der Waals surface area contributed by atoms with Crippen LogP contribution >= 0.6 is 0 Å². The molecule has 2 heterocycles. The summed E-state index contributed by atoms with van der Waals surface area (Å²) in [5.41, 5.74) is 1.76. The molecule has 0 radical (unpaired) electrons. The Morgan fingerprint density at radius 1 is 1.24 bits per heavy atom. The maximum Gasteiger partial charge on any atom is 0.249 e. The van der Waals surface area contributed by atoms with E-state index in [9.17, 15) is 14.4 Å². The second-order valence-electron chi connectivity index (χ2n) is 6.50. The Balaban J connectivity index is 1.70. The molecule has 2 N–H and O–H groups in total. The molecular formula is C18H23N3O4. The normalized spacial score (nSPS) is 21.6. The Morgan fingerprint density at radius 3 is 2.64 bits per heavy atom. The van der Waals surface area contributed by atoms with Gasteiger partial charge < -0.3 is 19.7 Å². The van der Waals surface area contributed by atoms with E-state index in [1.54, 1.807) is 7.11 Å². The van der Waals surface area contributed by atoms with Gasteiger partial charge in [-0.25, -0.2) is 0 Å². The van der Waals surface area contributed by atoms with Gasteiger partial charge in [0.1, 0.15) is 18.1 Å². The average Bonchev–Trinajstić information content (AvgIpc) is 2.64. The van der Waals surface area contributed by atoms with Crippen LogP contribution in [-0.2, 0) is 14.4 Å². The standard InChI is InChI=1S/C18H23N3O4/c1-25-16-10-13(19-14-3-5-17(23)20-18(14)24)2-4-15(16)21-8-6-12(11-22)7-9-21/h2,4,10-12,14,19H,3,5-9H2,1H3,(H,20,23,24). The number of anilines is 2. The van der Waals surface area contributed by atoms with Crippen LogP contribution in [0.1, 0.15) is 25.7 Å². The predicted molar refractivity (Wildman–Crippen MR) is 93.8 cm³/mol. The van der Waals surface area contributed by atoms with Crippen LogP contribution < -0.4 is 20.3 Å². The summed E-state index contributed by atoms with van der Waals surface area (Å²) in [6.45, 7) is 1.64. The Bertz CT molecular complexity index is 668. The second-order valence-corrected chi connectivity index (χ2v) is 6.50. The molecule has 134 valence electrons. The van der Waals surface area contributed by atoms with Gasteiger partial charge in [-0.1, -0.05) is 0 Å². The van der Waals surface area contributed by atoms with E-state index in [-0.39, 0.29) is 17.7 Å². The number of carbonyl (C=O) groups excluding carboxylic acids is 3. The van der Waals surface area contributed by atoms with Crippen molar-refractivity contribution >= 4 is 29.5 Å². The number of rotatable bonds is 5. The third-order valence-electron chi connectivity index (χ3n) is 4.83. The number of nitrogens with one attached hydrogen (secondary N) is 2. The number of ether oxygens (including phenoxy) is 1. The van der Waals surface area contributed by atoms with Crippen LogP contribution in [0, 0.1) is 5.92 Å². The lowest BCUT2D eigenvalue weighted by atomic mass is 9.98. The van der Waals surface area contributed by atoms with Gasteiger partial charge in [-0.2, -0.15) is 0 Å². The topological polar surface area (TPSA) is 87.7 Å². The largest absolute Gasteiger partial charge is 0.495 e. The lowest BCUT2D eigenvalue weighted by Crippen LogP contribution is -2.47. The third-order valence-corrected chi connectivity index (χ3v) is 4.83. The van der Waals surface area contributed by atoms with Crippen LogP contribution in [-0.4, -0.2) is 44.3 Å². The van der Waals surface area contributed by atoms with Crippen molar-refractivity contribution in [3.8, 4) is 5.75 Å². The summed E-state index contributed by atoms with van der Waals surface area (Å²) >= 11 is 0. The predicted octanol–water partition coefficient (Wildman–Crippen LogP) is 1.33. The Hall–Kier alpha value is -2.57. The lowest BCUT2D eigenvalue weighted by molar-refractivity contribution is -0.133. The number of hydrogen-bond donors (Lipinski definition) is 2. The fourth-order valence-electron chi connectivity index (χ4n) is 3.34. The molecule has 7 nitrogen and oxygen atoms in total. The molecular weight excluding hydrogens is 322 g/mol. The van der Waals surface area contributed by atoms with E-state index in [0.29, 0.717) is 12.8 Å². The molecule has 25 heavy (non-hydrogen) atoms. The average molecular weight is 345 g/mol. The molecule has 3 rings (SSSR count). The van der Waals surface area contributed by atoms with Crippen LogP contribution in [0.4, 0.5) is 11.4 Å². The molecule has 1 aromatic rings. The fraction of sp³-hybridized carbons (Fsp3) is 0.500. The summed E-state index contributed by atoms with van der Waals surface area (Å²) < 4.78 is 5.52. The molecule has 1 unspecified atom stereocenters. The van der Waals surface area contributed by atoms with Crippen LogP contribution in [0.25, 0.3) is 0 Å². The SMILES string of the molecule is COc1cc(NC2CCC(=O)NC2=O)ccc1N1CCC(C=O)CC1. The number of piperidine rings is 2. The highest BCUT2D eigenvalue weighted by atomic mass is 16.5. The van der Waals surface area contributed by atoms with Gasteiger partial charge >= 0.3 is 0 Å². The molecule has 1 aromatic carbocycles. The highest BCUT2D eigenvalue weighted by Crippen LogP contribution is 2.34. The molecule has 0 aliphatic carbocycles. The number of aldehydes is 1. The van der Waals surface area contributed by atoms with Crippen LogP contribution in [0.15, 0.2) is 18.2 Å². The summed E-state index contributed by atoms with van der Waals surface area (Å²) in [6.07, 6.45) is 3.56. The maximum absolute atomic E-state index is 11.9. The zero-order valence-corrected chi connectivity index (χ0v) is 14.3. The number of hydrogen-bond acceptors (Lipinski definition) is 6. The first-order valence-corrected chi connectivity index (χ1v) is 8.59. The van der Waals surface area contributed by atoms with Crippen molar-refractivity contribution in [3.05, 3.63) is 18.2 Å². The van der Waals surface area contributed by atoms with Crippen molar-refractivity contribution in [2.75, 3.05) is 30.4 Å². The van der Waals surface area contributed by atoms with E-state index in [4.69, 9.17) is 4.74 Å². The molecule has 0 bridgehead atoms. The van der Waals surface area contributed by atoms with E-state index in [1.165, 1.54) is 0 Å². The van der Waals surface area contributed by atoms with Gasteiger partial charge in [0.15, 0.2) is 0 Å². The third kappa shape index (κ3) is 3.92. The van der Waals surface area contributed by atoms with Gasteiger partial charge in [0.25, 0.3) is 0 Å². The van der Waals surface area contributed by atoms with Gasteiger partial charge in [-0.3, -0.25) is 14.9 Å². The van der Waals surface area contributed by atoms with Gasteiger partial charge in [-0.15, -0.1) is 0 Å². The molecule has 2 fully saturated rings. The number of nitrogens with zero attached hydrogens (tertiary/aromatic N) is 1. The molecule has 0 spiro atoms. The van der Waals surface area contributed by atoms with Gasteiger partial charge in [0.05, 0.1) is 12.8 Å². The first-order chi connectivity index (χ1) is 12.1. The summed E-state index contributed by atoms with van der Waals surface area (Å²) in [6, 6.07) is 5.32. The van der Waals surface area contributed by atoms with E-state index in [1.807, 2.05) is 18.2 Å². The molecule has 0 aromatic heterocycles. The monoisotopic (exact) mass is 345 g/mol. The van der Waals surface area contributed by atoms with E-state index in [0.717, 1.165) is 49.3 Å². The zero-order valence-electron chi connectivity index (χ0n) is 14.3. The maximum atomic E-state index is 11.9. The summed E-state index contributed by atoms with van der Waals surface area (Å²) in [4.78, 5) is 36.2. The minimum absolute atomic E-state index is 0.149. The van der Waals surface area contributed by atoms with Crippen molar-refractivity contribution < 1.29 is 19.1 Å². The van der Waals surface area contributed by atoms with E-state index in [2.05, 4.69) is 15.5 Å². The highest BCUT2D eigenvalue weighted by molar-refractivity contribution is 6.01. The molecule has 7 heteroatoms. The number of amides is 2. The molecule has 2 aliphatic heterocycles. The number of methoxy groups -OCH3 is 1.